The van der Waals surface area contributed by atoms with Gasteiger partial charge in [0.25, 0.3) is 11.7 Å². The Bertz CT molecular complexity index is 640. The Kier molecular flexibility index (Phi) is 6.74. The van der Waals surface area contributed by atoms with Gasteiger partial charge < -0.3 is 15.0 Å². The van der Waals surface area contributed by atoms with Crippen molar-refractivity contribution in [1.82, 2.24) is 4.90 Å². The highest BCUT2D eigenvalue weighted by Gasteiger charge is 2.25. The molecule has 2 rings (SSSR count). The highest BCUT2D eigenvalue weighted by atomic mass is 32.2. The molecule has 25 heavy (non-hydrogen) atoms. The maximum Gasteiger partial charge on any atom is 0.326 e. The van der Waals surface area contributed by atoms with Crippen molar-refractivity contribution in [2.75, 3.05) is 18.4 Å². The van der Waals surface area contributed by atoms with Gasteiger partial charge in [0, 0.05) is 23.5 Å². The fourth-order valence-corrected chi connectivity index (χ4v) is 2.78. The predicted octanol–water partition coefficient (Wildman–Crippen LogP) is 2.49. The lowest BCUT2D eigenvalue weighted by molar-refractivity contribution is -0.155. The van der Waals surface area contributed by atoms with Gasteiger partial charge in [-0.05, 0) is 37.6 Å². The molecule has 136 valence electrons. The van der Waals surface area contributed by atoms with Crippen molar-refractivity contribution < 1.29 is 27.9 Å². The highest BCUT2D eigenvalue weighted by molar-refractivity contribution is 7.99. The van der Waals surface area contributed by atoms with E-state index < -0.39 is 23.7 Å². The van der Waals surface area contributed by atoms with E-state index in [0.717, 1.165) is 0 Å². The average Bonchev–Trinajstić information content (AvgIpc) is 2.93. The number of alkyl halides is 2. The van der Waals surface area contributed by atoms with Crippen LogP contribution in [0.1, 0.15) is 19.8 Å². The standard InChI is InChI=1S/C16H18F2N2O4S/c1-10(24-14(22)9-20-8-2-3-13(20)21)15(23)19-11-4-6-12(7-5-11)25-16(17)18/h4-7,10,16H,2-3,8-9H2,1H3,(H,19,23)/t10-/m1/s1. The van der Waals surface area contributed by atoms with Gasteiger partial charge in [-0.15, -0.1) is 0 Å². The second-order valence-electron chi connectivity index (χ2n) is 5.44. The normalized spacial score (nSPS) is 15.4. The van der Waals surface area contributed by atoms with E-state index >= 15 is 0 Å². The van der Waals surface area contributed by atoms with Crippen molar-refractivity contribution in [3.05, 3.63) is 24.3 Å². The second-order valence-corrected chi connectivity index (χ2v) is 6.51. The molecule has 1 fully saturated rings. The molecule has 1 aliphatic heterocycles. The summed E-state index contributed by atoms with van der Waals surface area (Å²) in [7, 11) is 0. The van der Waals surface area contributed by atoms with E-state index in [0.29, 0.717) is 41.7 Å². The molecule has 0 aliphatic carbocycles. The highest BCUT2D eigenvalue weighted by Crippen LogP contribution is 2.26. The minimum Gasteiger partial charge on any atom is -0.451 e. The SMILES string of the molecule is C[C@@H](OC(=O)CN1CCCC1=O)C(=O)Nc1ccc(SC(F)F)cc1. The molecule has 0 spiro atoms. The first kappa shape index (κ1) is 19.2. The zero-order valence-corrected chi connectivity index (χ0v) is 14.4. The molecule has 1 saturated heterocycles. The third kappa shape index (κ3) is 6.00. The van der Waals surface area contributed by atoms with Gasteiger partial charge in [0.05, 0.1) is 0 Å². The van der Waals surface area contributed by atoms with Crippen molar-refractivity contribution >= 4 is 35.2 Å². The molecule has 1 atom stereocenters. The number of anilines is 1. The zero-order chi connectivity index (χ0) is 18.4. The maximum absolute atomic E-state index is 12.2. The number of hydrogen-bond acceptors (Lipinski definition) is 5. The smallest absolute Gasteiger partial charge is 0.326 e. The molecule has 1 aromatic carbocycles. The largest absolute Gasteiger partial charge is 0.451 e. The molecule has 2 amide bonds. The van der Waals surface area contributed by atoms with Crippen LogP contribution in [-0.2, 0) is 19.1 Å². The van der Waals surface area contributed by atoms with Gasteiger partial charge in [-0.3, -0.25) is 14.4 Å². The summed E-state index contributed by atoms with van der Waals surface area (Å²) in [4.78, 5) is 37.0. The number of likely N-dealkylation sites (tertiary alicyclic amines) is 1. The van der Waals surface area contributed by atoms with Gasteiger partial charge in [-0.25, -0.2) is 0 Å². The number of ether oxygens (including phenoxy) is 1. The van der Waals surface area contributed by atoms with Crippen LogP contribution in [0.3, 0.4) is 0 Å². The van der Waals surface area contributed by atoms with Crippen LogP contribution in [0.25, 0.3) is 0 Å². The molecule has 9 heteroatoms. The summed E-state index contributed by atoms with van der Waals surface area (Å²) in [5.74, 6) is -3.81. The van der Waals surface area contributed by atoms with Gasteiger partial charge in [-0.2, -0.15) is 8.78 Å². The van der Waals surface area contributed by atoms with E-state index in [-0.39, 0.29) is 12.5 Å². The summed E-state index contributed by atoms with van der Waals surface area (Å²) in [6.45, 7) is 1.76. The summed E-state index contributed by atoms with van der Waals surface area (Å²) >= 11 is 0.408. The minimum absolute atomic E-state index is 0.101. The number of carbonyl (C=O) groups excluding carboxylic acids is 3. The van der Waals surface area contributed by atoms with Gasteiger partial charge in [0.15, 0.2) is 6.10 Å². The molecular formula is C16H18F2N2O4S. The number of thioether (sulfide) groups is 1. The van der Waals surface area contributed by atoms with E-state index in [1.165, 1.54) is 36.1 Å². The molecule has 0 aromatic heterocycles. The molecule has 6 nitrogen and oxygen atoms in total. The maximum atomic E-state index is 12.2. The Hall–Kier alpha value is -2.16. The van der Waals surface area contributed by atoms with Crippen LogP contribution >= 0.6 is 11.8 Å². The third-order valence-electron chi connectivity index (χ3n) is 3.52. The Labute approximate surface area is 147 Å². The van der Waals surface area contributed by atoms with Gasteiger partial charge >= 0.3 is 5.97 Å². The molecule has 1 aromatic rings. The fourth-order valence-electron chi connectivity index (χ4n) is 2.28. The lowest BCUT2D eigenvalue weighted by atomic mass is 10.3. The molecule has 1 N–H and O–H groups in total. The molecule has 1 heterocycles. The van der Waals surface area contributed by atoms with Crippen molar-refractivity contribution in [2.24, 2.45) is 0 Å². The molecular weight excluding hydrogens is 354 g/mol. The number of nitrogens with zero attached hydrogens (tertiary/aromatic N) is 1. The predicted molar refractivity (Wildman–Crippen MR) is 88.3 cm³/mol. The molecule has 1 aliphatic rings. The Balaban J connectivity index is 1.81. The van der Waals surface area contributed by atoms with Crippen LogP contribution in [0.5, 0.6) is 0 Å². The van der Waals surface area contributed by atoms with Crippen molar-refractivity contribution in [1.29, 1.82) is 0 Å². The lowest BCUT2D eigenvalue weighted by Crippen LogP contribution is -2.36. The van der Waals surface area contributed by atoms with Crippen LogP contribution in [0.15, 0.2) is 29.2 Å². The number of nitrogens with one attached hydrogen (secondary N) is 1. The summed E-state index contributed by atoms with van der Waals surface area (Å²) in [5.41, 5.74) is 0.404. The number of esters is 1. The van der Waals surface area contributed by atoms with Crippen LogP contribution in [-0.4, -0.2) is 47.6 Å². The Morgan fingerprint density at radius 2 is 2.00 bits per heavy atom. The lowest BCUT2D eigenvalue weighted by Gasteiger charge is -2.17. The summed E-state index contributed by atoms with van der Waals surface area (Å²) in [6.07, 6.45) is 0.0887. The van der Waals surface area contributed by atoms with E-state index in [1.807, 2.05) is 0 Å². The van der Waals surface area contributed by atoms with Crippen LogP contribution in [0, 0.1) is 0 Å². The first-order chi connectivity index (χ1) is 11.8. The van der Waals surface area contributed by atoms with E-state index in [2.05, 4.69) is 5.32 Å². The van der Waals surface area contributed by atoms with Crippen LogP contribution < -0.4 is 5.32 Å². The molecule has 0 bridgehead atoms. The minimum atomic E-state index is -2.51. The van der Waals surface area contributed by atoms with Crippen LogP contribution in [0.2, 0.25) is 0 Å². The van der Waals surface area contributed by atoms with E-state index in [1.54, 1.807) is 0 Å². The summed E-state index contributed by atoms with van der Waals surface area (Å²) in [6, 6.07) is 5.89. The Morgan fingerprint density at radius 3 is 2.56 bits per heavy atom. The average molecular weight is 372 g/mol. The molecule has 0 radical (unpaired) electrons. The summed E-state index contributed by atoms with van der Waals surface area (Å²) < 4.78 is 29.5. The van der Waals surface area contributed by atoms with Gasteiger partial charge in [0.2, 0.25) is 5.91 Å². The van der Waals surface area contributed by atoms with Gasteiger partial charge in [-0.1, -0.05) is 11.8 Å². The monoisotopic (exact) mass is 372 g/mol. The van der Waals surface area contributed by atoms with Crippen molar-refractivity contribution in [3.63, 3.8) is 0 Å². The second kappa shape index (κ2) is 8.80. The molecule has 0 unspecified atom stereocenters. The quantitative estimate of drug-likeness (QED) is 0.588. The van der Waals surface area contributed by atoms with Crippen molar-refractivity contribution in [3.8, 4) is 0 Å². The number of carbonyl (C=O) groups is 3. The number of hydrogen-bond donors (Lipinski definition) is 1. The molecule has 0 saturated carbocycles. The zero-order valence-electron chi connectivity index (χ0n) is 13.5. The third-order valence-corrected chi connectivity index (χ3v) is 4.24. The van der Waals surface area contributed by atoms with E-state index in [9.17, 15) is 23.2 Å². The Morgan fingerprint density at radius 1 is 1.32 bits per heavy atom. The van der Waals surface area contributed by atoms with Gasteiger partial charge in [0.1, 0.15) is 6.54 Å². The first-order valence-electron chi connectivity index (χ1n) is 7.68. The first-order valence-corrected chi connectivity index (χ1v) is 8.56. The fraction of sp³-hybridized carbons (Fsp3) is 0.438. The summed E-state index contributed by atoms with van der Waals surface area (Å²) in [5, 5.41) is 2.54. The van der Waals surface area contributed by atoms with E-state index in [4.69, 9.17) is 4.74 Å². The number of benzene rings is 1. The van der Waals surface area contributed by atoms with Crippen molar-refractivity contribution in [2.45, 2.75) is 36.5 Å². The number of amides is 2. The number of rotatable bonds is 7. The van der Waals surface area contributed by atoms with Crippen LogP contribution in [0.4, 0.5) is 14.5 Å². The number of halogens is 2. The topological polar surface area (TPSA) is 75.7 Å².